The molecular weight excluding hydrogens is 462 g/mol. The van der Waals surface area contributed by atoms with E-state index in [9.17, 15) is 13.2 Å². The number of aryl methyl sites for hydroxylation is 1. The minimum atomic E-state index is -3.98. The van der Waals surface area contributed by atoms with Crippen LogP contribution in [0.25, 0.3) is 0 Å². The molecule has 35 heavy (non-hydrogen) atoms. The van der Waals surface area contributed by atoms with Crippen LogP contribution in [-0.4, -0.2) is 46.0 Å². The molecule has 7 nitrogen and oxygen atoms in total. The second-order valence-corrected chi connectivity index (χ2v) is 10.4. The van der Waals surface area contributed by atoms with Gasteiger partial charge in [-0.3, -0.25) is 14.4 Å². The van der Waals surface area contributed by atoms with Gasteiger partial charge in [0, 0.05) is 17.8 Å². The molecule has 0 aromatic heterocycles. The Morgan fingerprint density at radius 1 is 1.00 bits per heavy atom. The standard InChI is InChI=1S/C27H31N3O4S/c1-20-10-13-23(14-11-20)29-35(32,33)26-18-22(12-15-25(26)34-2)27(31)28-19-24(30-16-6-7-17-30)21-8-4-3-5-9-21/h3-5,8-15,18,24,29H,6-7,16-17,19H2,1-2H3,(H,28,31)/t24-/m0/s1. The second-order valence-electron chi connectivity index (χ2n) is 8.72. The predicted octanol–water partition coefficient (Wildman–Crippen LogP) is 4.37. The van der Waals surface area contributed by atoms with Gasteiger partial charge in [0.2, 0.25) is 0 Å². The lowest BCUT2D eigenvalue weighted by Crippen LogP contribution is -2.36. The molecule has 0 bridgehead atoms. The maximum absolute atomic E-state index is 13.1. The van der Waals surface area contributed by atoms with Crippen LogP contribution in [0.4, 0.5) is 5.69 Å². The van der Waals surface area contributed by atoms with E-state index in [2.05, 4.69) is 27.1 Å². The summed E-state index contributed by atoms with van der Waals surface area (Å²) in [4.78, 5) is 15.4. The Hall–Kier alpha value is -3.36. The van der Waals surface area contributed by atoms with Crippen LogP contribution in [0.1, 0.15) is 40.4 Å². The van der Waals surface area contributed by atoms with E-state index >= 15 is 0 Å². The molecule has 3 aromatic rings. The average molecular weight is 494 g/mol. The van der Waals surface area contributed by atoms with Crippen molar-refractivity contribution in [3.63, 3.8) is 0 Å². The molecule has 0 radical (unpaired) electrons. The Labute approximate surface area is 207 Å². The number of ether oxygens (including phenoxy) is 1. The molecule has 8 heteroatoms. The Balaban J connectivity index is 1.54. The largest absolute Gasteiger partial charge is 0.495 e. The van der Waals surface area contributed by atoms with Crippen molar-refractivity contribution in [3.8, 4) is 5.75 Å². The van der Waals surface area contributed by atoms with Gasteiger partial charge in [0.15, 0.2) is 0 Å². The quantitative estimate of drug-likeness (QED) is 0.462. The number of sulfonamides is 1. The van der Waals surface area contributed by atoms with Gasteiger partial charge in [-0.2, -0.15) is 0 Å². The lowest BCUT2D eigenvalue weighted by molar-refractivity contribution is 0.0937. The van der Waals surface area contributed by atoms with E-state index in [-0.39, 0.29) is 28.2 Å². The number of nitrogens with zero attached hydrogens (tertiary/aromatic N) is 1. The van der Waals surface area contributed by atoms with Crippen molar-refractivity contribution >= 4 is 21.6 Å². The molecule has 184 valence electrons. The summed E-state index contributed by atoms with van der Waals surface area (Å²) >= 11 is 0. The zero-order valence-corrected chi connectivity index (χ0v) is 20.8. The van der Waals surface area contributed by atoms with Gasteiger partial charge in [-0.1, -0.05) is 48.0 Å². The third-order valence-corrected chi connectivity index (χ3v) is 7.64. The summed E-state index contributed by atoms with van der Waals surface area (Å²) in [6.45, 7) is 4.34. The number of benzene rings is 3. The van der Waals surface area contributed by atoms with Crippen molar-refractivity contribution in [1.29, 1.82) is 0 Å². The van der Waals surface area contributed by atoms with Gasteiger partial charge in [0.25, 0.3) is 15.9 Å². The Kier molecular flexibility index (Phi) is 7.73. The molecular formula is C27H31N3O4S. The van der Waals surface area contributed by atoms with Gasteiger partial charge in [-0.25, -0.2) is 8.42 Å². The molecule has 1 atom stereocenters. The van der Waals surface area contributed by atoms with Crippen LogP contribution in [0.5, 0.6) is 5.75 Å². The number of nitrogens with one attached hydrogen (secondary N) is 2. The van der Waals surface area contributed by atoms with Crippen LogP contribution in [0.15, 0.2) is 77.7 Å². The van der Waals surface area contributed by atoms with E-state index in [4.69, 9.17) is 4.74 Å². The predicted molar refractivity (Wildman–Crippen MR) is 137 cm³/mol. The summed E-state index contributed by atoms with van der Waals surface area (Å²) in [6, 6.07) is 21.7. The van der Waals surface area contributed by atoms with Crippen LogP contribution >= 0.6 is 0 Å². The third kappa shape index (κ3) is 6.01. The number of carbonyl (C=O) groups is 1. The van der Waals surface area contributed by atoms with E-state index in [0.29, 0.717) is 12.2 Å². The summed E-state index contributed by atoms with van der Waals surface area (Å²) < 4.78 is 34.1. The molecule has 2 N–H and O–H groups in total. The summed E-state index contributed by atoms with van der Waals surface area (Å²) in [5, 5.41) is 3.01. The number of anilines is 1. The van der Waals surface area contributed by atoms with Gasteiger partial charge < -0.3 is 10.1 Å². The van der Waals surface area contributed by atoms with E-state index in [1.54, 1.807) is 18.2 Å². The van der Waals surface area contributed by atoms with Gasteiger partial charge >= 0.3 is 0 Å². The number of rotatable bonds is 9. The zero-order valence-electron chi connectivity index (χ0n) is 20.0. The summed E-state index contributed by atoms with van der Waals surface area (Å²) in [6.07, 6.45) is 2.29. The monoisotopic (exact) mass is 493 g/mol. The van der Waals surface area contributed by atoms with E-state index in [0.717, 1.165) is 37.1 Å². The molecule has 1 amide bonds. The minimum Gasteiger partial charge on any atom is -0.495 e. The van der Waals surface area contributed by atoms with E-state index in [1.165, 1.54) is 19.2 Å². The van der Waals surface area contributed by atoms with Gasteiger partial charge in [0.05, 0.1) is 13.2 Å². The summed E-state index contributed by atoms with van der Waals surface area (Å²) in [7, 11) is -2.57. The molecule has 1 aliphatic heterocycles. The molecule has 0 spiro atoms. The number of methoxy groups -OCH3 is 1. The lowest BCUT2D eigenvalue weighted by atomic mass is 10.1. The van der Waals surface area contributed by atoms with Crippen molar-refractivity contribution in [1.82, 2.24) is 10.2 Å². The van der Waals surface area contributed by atoms with Crippen LogP contribution in [0, 0.1) is 6.92 Å². The van der Waals surface area contributed by atoms with Crippen LogP contribution < -0.4 is 14.8 Å². The number of likely N-dealkylation sites (tertiary alicyclic amines) is 1. The van der Waals surface area contributed by atoms with Crippen molar-refractivity contribution in [2.75, 3.05) is 31.5 Å². The highest BCUT2D eigenvalue weighted by molar-refractivity contribution is 7.92. The molecule has 0 aliphatic carbocycles. The number of hydrogen-bond donors (Lipinski definition) is 2. The van der Waals surface area contributed by atoms with Crippen molar-refractivity contribution in [2.24, 2.45) is 0 Å². The Morgan fingerprint density at radius 2 is 1.69 bits per heavy atom. The Bertz CT molecular complexity index is 1260. The summed E-state index contributed by atoms with van der Waals surface area (Å²) in [5.74, 6) is -0.167. The molecule has 0 unspecified atom stereocenters. The fourth-order valence-electron chi connectivity index (χ4n) is 4.34. The topological polar surface area (TPSA) is 87.7 Å². The third-order valence-electron chi connectivity index (χ3n) is 6.24. The highest BCUT2D eigenvalue weighted by Crippen LogP contribution is 2.28. The number of amides is 1. The van der Waals surface area contributed by atoms with E-state index in [1.807, 2.05) is 37.3 Å². The lowest BCUT2D eigenvalue weighted by Gasteiger charge is -2.28. The van der Waals surface area contributed by atoms with Gasteiger partial charge in [-0.05, 0) is 68.8 Å². The number of hydrogen-bond acceptors (Lipinski definition) is 5. The van der Waals surface area contributed by atoms with E-state index < -0.39 is 10.0 Å². The SMILES string of the molecule is COc1ccc(C(=O)NC[C@@H](c2ccccc2)N2CCCC2)cc1S(=O)(=O)Nc1ccc(C)cc1. The fourth-order valence-corrected chi connectivity index (χ4v) is 5.59. The summed E-state index contributed by atoms with van der Waals surface area (Å²) in [5.41, 5.74) is 2.86. The molecule has 1 heterocycles. The molecule has 1 fully saturated rings. The maximum Gasteiger partial charge on any atom is 0.265 e. The second kappa shape index (κ2) is 10.9. The molecule has 0 saturated carbocycles. The normalized spacial score (nSPS) is 14.9. The minimum absolute atomic E-state index is 0.0623. The molecule has 1 aliphatic rings. The van der Waals surface area contributed by atoms with Crippen molar-refractivity contribution in [3.05, 3.63) is 89.5 Å². The highest BCUT2D eigenvalue weighted by Gasteiger charge is 2.25. The molecule has 3 aromatic carbocycles. The number of carbonyl (C=O) groups excluding carboxylic acids is 1. The molecule has 1 saturated heterocycles. The fraction of sp³-hybridized carbons (Fsp3) is 0.296. The first-order valence-corrected chi connectivity index (χ1v) is 13.2. The van der Waals surface area contributed by atoms with Crippen molar-refractivity contribution in [2.45, 2.75) is 30.7 Å². The highest BCUT2D eigenvalue weighted by atomic mass is 32.2. The van der Waals surface area contributed by atoms with Crippen LogP contribution in [0.2, 0.25) is 0 Å². The smallest absolute Gasteiger partial charge is 0.265 e. The van der Waals surface area contributed by atoms with Crippen molar-refractivity contribution < 1.29 is 17.9 Å². The first kappa shape index (κ1) is 24.8. The van der Waals surface area contributed by atoms with Crippen LogP contribution in [-0.2, 0) is 10.0 Å². The zero-order chi connectivity index (χ0) is 24.8. The van der Waals surface area contributed by atoms with Gasteiger partial charge in [-0.15, -0.1) is 0 Å². The van der Waals surface area contributed by atoms with Crippen LogP contribution in [0.3, 0.4) is 0 Å². The maximum atomic E-state index is 13.1. The Morgan fingerprint density at radius 3 is 2.34 bits per heavy atom. The molecule has 4 rings (SSSR count). The average Bonchev–Trinajstić information content (AvgIpc) is 3.40. The first-order valence-electron chi connectivity index (χ1n) is 11.7. The first-order chi connectivity index (χ1) is 16.9. The van der Waals surface area contributed by atoms with Gasteiger partial charge in [0.1, 0.15) is 10.6 Å².